The number of methoxy groups -OCH3 is 1. The monoisotopic (exact) mass is 561 g/mol. The van der Waals surface area contributed by atoms with E-state index in [4.69, 9.17) is 4.74 Å². The van der Waals surface area contributed by atoms with Crippen molar-refractivity contribution in [2.75, 3.05) is 24.5 Å². The SMILES string of the molecule is COc1ccc([N+](=O)[O-])cc1N(C[C@H](O)CN(Cc1ccccc1)Cc1ccccc1)S(=O)(=O)c1ccccc1. The van der Waals surface area contributed by atoms with E-state index < -0.39 is 21.1 Å². The molecule has 0 radical (unpaired) electrons. The third-order valence-corrected chi connectivity index (χ3v) is 8.11. The molecule has 0 saturated carbocycles. The number of hydrogen-bond acceptors (Lipinski definition) is 7. The first-order valence-electron chi connectivity index (χ1n) is 12.7. The molecular formula is C30H31N3O6S. The molecule has 4 aromatic rings. The lowest BCUT2D eigenvalue weighted by Crippen LogP contribution is -2.42. The lowest BCUT2D eigenvalue weighted by atomic mass is 10.1. The number of benzene rings is 4. The fourth-order valence-electron chi connectivity index (χ4n) is 4.45. The summed E-state index contributed by atoms with van der Waals surface area (Å²) >= 11 is 0. The maximum absolute atomic E-state index is 13.9. The number of aliphatic hydroxyl groups excluding tert-OH is 1. The Morgan fingerprint density at radius 3 is 1.85 bits per heavy atom. The summed E-state index contributed by atoms with van der Waals surface area (Å²) in [6.07, 6.45) is -1.14. The van der Waals surface area contributed by atoms with Gasteiger partial charge in [-0.25, -0.2) is 8.42 Å². The molecule has 0 bridgehead atoms. The third-order valence-electron chi connectivity index (χ3n) is 6.32. The first kappa shape index (κ1) is 28.8. The Hall–Kier alpha value is -4.25. The van der Waals surface area contributed by atoms with Crippen LogP contribution in [-0.2, 0) is 23.1 Å². The number of hydrogen-bond donors (Lipinski definition) is 1. The molecule has 4 rings (SSSR count). The van der Waals surface area contributed by atoms with Crippen LogP contribution in [0.5, 0.6) is 5.75 Å². The van der Waals surface area contributed by atoms with E-state index in [0.717, 1.165) is 21.5 Å². The summed E-state index contributed by atoms with van der Waals surface area (Å²) in [5.41, 5.74) is 1.75. The molecule has 0 spiro atoms. The van der Waals surface area contributed by atoms with Gasteiger partial charge in [0, 0.05) is 31.8 Å². The van der Waals surface area contributed by atoms with E-state index in [2.05, 4.69) is 0 Å². The van der Waals surface area contributed by atoms with Gasteiger partial charge in [0.25, 0.3) is 15.7 Å². The van der Waals surface area contributed by atoms with Crippen LogP contribution in [0.1, 0.15) is 11.1 Å². The number of sulfonamides is 1. The summed E-state index contributed by atoms with van der Waals surface area (Å²) in [7, 11) is -2.87. The zero-order valence-corrected chi connectivity index (χ0v) is 22.9. The molecule has 0 unspecified atom stereocenters. The van der Waals surface area contributed by atoms with Crippen molar-refractivity contribution in [2.24, 2.45) is 0 Å². The van der Waals surface area contributed by atoms with Crippen LogP contribution in [0.3, 0.4) is 0 Å². The van der Waals surface area contributed by atoms with E-state index >= 15 is 0 Å². The molecular weight excluding hydrogens is 530 g/mol. The molecule has 1 N–H and O–H groups in total. The van der Waals surface area contributed by atoms with Crippen molar-refractivity contribution in [1.82, 2.24) is 4.90 Å². The van der Waals surface area contributed by atoms with Crippen LogP contribution in [0.2, 0.25) is 0 Å². The van der Waals surface area contributed by atoms with Crippen LogP contribution in [0, 0.1) is 10.1 Å². The number of nitrogens with zero attached hydrogens (tertiary/aromatic N) is 3. The standard InChI is InChI=1S/C30H31N3O6S/c1-39-30-18-17-26(33(35)36)19-29(30)32(40(37,38)28-15-9-4-10-16-28)23-27(34)22-31(20-24-11-5-2-6-12-24)21-25-13-7-3-8-14-25/h2-19,27,34H,20-23H2,1H3/t27-/m1/s1. The average molecular weight is 562 g/mol. The Morgan fingerprint density at radius 1 is 0.825 bits per heavy atom. The van der Waals surface area contributed by atoms with Crippen molar-refractivity contribution in [3.8, 4) is 5.75 Å². The predicted octanol–water partition coefficient (Wildman–Crippen LogP) is 4.86. The second-order valence-electron chi connectivity index (χ2n) is 9.26. The first-order chi connectivity index (χ1) is 19.3. The smallest absolute Gasteiger partial charge is 0.271 e. The molecule has 0 aliphatic heterocycles. The number of ether oxygens (including phenoxy) is 1. The third kappa shape index (κ3) is 7.23. The lowest BCUT2D eigenvalue weighted by molar-refractivity contribution is -0.384. The Morgan fingerprint density at radius 2 is 1.35 bits per heavy atom. The highest BCUT2D eigenvalue weighted by Crippen LogP contribution is 2.36. The molecule has 10 heteroatoms. The Balaban J connectivity index is 1.68. The molecule has 0 aromatic heterocycles. The Labute approximate surface area is 234 Å². The summed E-state index contributed by atoms with van der Waals surface area (Å²) in [5, 5.41) is 22.9. The highest BCUT2D eigenvalue weighted by atomic mass is 32.2. The van der Waals surface area contributed by atoms with Crippen molar-refractivity contribution in [2.45, 2.75) is 24.1 Å². The summed E-state index contributed by atoms with van der Waals surface area (Å²) in [6.45, 7) is 0.841. The summed E-state index contributed by atoms with van der Waals surface area (Å²) < 4.78 is 34.1. The van der Waals surface area contributed by atoms with Crippen LogP contribution in [0.25, 0.3) is 0 Å². The van der Waals surface area contributed by atoms with Crippen LogP contribution in [0.4, 0.5) is 11.4 Å². The van der Waals surface area contributed by atoms with Crippen LogP contribution in [-0.4, -0.2) is 49.7 Å². The number of rotatable bonds is 13. The fourth-order valence-corrected chi connectivity index (χ4v) is 5.97. The van der Waals surface area contributed by atoms with Gasteiger partial charge in [-0.1, -0.05) is 78.9 Å². The molecule has 0 heterocycles. The quantitative estimate of drug-likeness (QED) is 0.183. The van der Waals surface area contributed by atoms with E-state index in [9.17, 15) is 23.6 Å². The highest BCUT2D eigenvalue weighted by molar-refractivity contribution is 7.92. The van der Waals surface area contributed by atoms with Crippen molar-refractivity contribution < 1.29 is 23.2 Å². The molecule has 9 nitrogen and oxygen atoms in total. The largest absolute Gasteiger partial charge is 0.495 e. The second-order valence-corrected chi connectivity index (χ2v) is 11.1. The number of non-ortho nitro benzene ring substituents is 1. The highest BCUT2D eigenvalue weighted by Gasteiger charge is 2.31. The maximum atomic E-state index is 13.9. The van der Waals surface area contributed by atoms with E-state index in [1.165, 1.54) is 31.4 Å². The van der Waals surface area contributed by atoms with Crippen molar-refractivity contribution in [3.05, 3.63) is 130 Å². The van der Waals surface area contributed by atoms with Gasteiger partial charge in [-0.05, 0) is 29.3 Å². The minimum absolute atomic E-state index is 0.0128. The minimum Gasteiger partial charge on any atom is -0.495 e. The van der Waals surface area contributed by atoms with Gasteiger partial charge in [0.05, 0.1) is 29.6 Å². The van der Waals surface area contributed by atoms with E-state index in [-0.39, 0.29) is 35.1 Å². The number of nitro groups is 1. The molecule has 40 heavy (non-hydrogen) atoms. The predicted molar refractivity (Wildman–Crippen MR) is 154 cm³/mol. The second kappa shape index (κ2) is 13.2. The molecule has 1 atom stereocenters. The van der Waals surface area contributed by atoms with Gasteiger partial charge in [-0.15, -0.1) is 0 Å². The van der Waals surface area contributed by atoms with Gasteiger partial charge in [0.1, 0.15) is 11.4 Å². The van der Waals surface area contributed by atoms with Crippen molar-refractivity contribution in [3.63, 3.8) is 0 Å². The van der Waals surface area contributed by atoms with Gasteiger partial charge >= 0.3 is 0 Å². The van der Waals surface area contributed by atoms with Crippen molar-refractivity contribution in [1.29, 1.82) is 0 Å². The van der Waals surface area contributed by atoms with E-state index in [0.29, 0.717) is 13.1 Å². The molecule has 0 amide bonds. The zero-order chi connectivity index (χ0) is 28.5. The zero-order valence-electron chi connectivity index (χ0n) is 22.0. The Kier molecular flexibility index (Phi) is 9.49. The van der Waals surface area contributed by atoms with E-state index in [1.807, 2.05) is 65.6 Å². The van der Waals surface area contributed by atoms with Crippen LogP contribution >= 0.6 is 0 Å². The molecule has 0 aliphatic carbocycles. The minimum atomic E-state index is -4.23. The molecule has 0 fully saturated rings. The maximum Gasteiger partial charge on any atom is 0.271 e. The van der Waals surface area contributed by atoms with Gasteiger partial charge in [-0.3, -0.25) is 19.3 Å². The van der Waals surface area contributed by atoms with Crippen molar-refractivity contribution >= 4 is 21.4 Å². The molecule has 208 valence electrons. The molecule has 0 saturated heterocycles. The van der Waals surface area contributed by atoms with Gasteiger partial charge in [0.2, 0.25) is 0 Å². The number of aliphatic hydroxyl groups is 1. The topological polar surface area (TPSA) is 113 Å². The van der Waals surface area contributed by atoms with Gasteiger partial charge in [0.15, 0.2) is 0 Å². The average Bonchev–Trinajstić information content (AvgIpc) is 2.97. The summed E-state index contributed by atoms with van der Waals surface area (Å²) in [5.74, 6) is 0.128. The summed E-state index contributed by atoms with van der Waals surface area (Å²) in [6, 6.07) is 31.1. The Bertz CT molecular complexity index is 1460. The molecule has 0 aliphatic rings. The lowest BCUT2D eigenvalue weighted by Gasteiger charge is -2.31. The number of nitro benzene ring substituents is 1. The van der Waals surface area contributed by atoms with Crippen LogP contribution < -0.4 is 9.04 Å². The molecule has 4 aromatic carbocycles. The van der Waals surface area contributed by atoms with Gasteiger partial charge < -0.3 is 9.84 Å². The summed E-state index contributed by atoms with van der Waals surface area (Å²) in [4.78, 5) is 13.0. The fraction of sp³-hybridized carbons (Fsp3) is 0.200. The first-order valence-corrected chi connectivity index (χ1v) is 14.1. The number of anilines is 1. The van der Waals surface area contributed by atoms with Crippen LogP contribution in [0.15, 0.2) is 114 Å². The van der Waals surface area contributed by atoms with Gasteiger partial charge in [-0.2, -0.15) is 0 Å². The van der Waals surface area contributed by atoms with E-state index in [1.54, 1.807) is 18.2 Å². The normalized spacial score (nSPS) is 12.2.